The molecule has 138 valence electrons. The lowest BCUT2D eigenvalue weighted by Gasteiger charge is -2.45. The van der Waals surface area contributed by atoms with Crippen molar-refractivity contribution in [3.63, 3.8) is 0 Å². The van der Waals surface area contributed by atoms with Crippen LogP contribution in [0.3, 0.4) is 0 Å². The second kappa shape index (κ2) is 8.39. The average Bonchev–Trinajstić information content (AvgIpc) is 2.90. The molecule has 3 N–H and O–H groups in total. The van der Waals surface area contributed by atoms with Gasteiger partial charge in [-0.25, -0.2) is 4.98 Å². The zero-order chi connectivity index (χ0) is 15.8. The number of nitrogens with zero attached hydrogens (tertiary/aromatic N) is 2. The van der Waals surface area contributed by atoms with Gasteiger partial charge >= 0.3 is 0 Å². The fourth-order valence-electron chi connectivity index (χ4n) is 4.50. The molecule has 0 aromatic carbocycles. The van der Waals surface area contributed by atoms with E-state index < -0.39 is 0 Å². The Kier molecular flexibility index (Phi) is 6.72. The molecule has 2 heterocycles. The van der Waals surface area contributed by atoms with E-state index in [0.29, 0.717) is 30.3 Å². The number of nitrogens with two attached hydrogens (primary N) is 1. The molecule has 2 saturated carbocycles. The number of imidazole rings is 1. The van der Waals surface area contributed by atoms with E-state index in [1.165, 1.54) is 19.3 Å². The van der Waals surface area contributed by atoms with Gasteiger partial charge < -0.3 is 15.5 Å². The van der Waals surface area contributed by atoms with E-state index >= 15 is 0 Å². The normalized spacial score (nSPS) is 27.9. The zero-order valence-corrected chi connectivity index (χ0v) is 15.8. The highest BCUT2D eigenvalue weighted by Crippen LogP contribution is 2.39. The van der Waals surface area contributed by atoms with Gasteiger partial charge in [0.1, 0.15) is 5.65 Å². The molecule has 0 saturated heterocycles. The van der Waals surface area contributed by atoms with Crippen LogP contribution in [0.5, 0.6) is 0 Å². The molecular weight excluding hydrogens is 359 g/mol. The second-order valence-electron chi connectivity index (χ2n) is 7.15. The summed E-state index contributed by atoms with van der Waals surface area (Å²) in [7, 11) is 0. The predicted molar refractivity (Wildman–Crippen MR) is 103 cm³/mol. The third-order valence-electron chi connectivity index (χ3n) is 5.46. The Bertz CT molecular complexity index is 673. The Hall–Kier alpha value is -1.30. The van der Waals surface area contributed by atoms with Gasteiger partial charge in [0, 0.05) is 24.5 Å². The Morgan fingerprint density at radius 3 is 2.64 bits per heavy atom. The Labute approximate surface area is 160 Å². The molecule has 2 atom stereocenters. The summed E-state index contributed by atoms with van der Waals surface area (Å²) in [6.45, 7) is 0. The standard InChI is InChI=1S/C18H24N4O.2ClH/c19-14-8-12-4-3-5-13(9-14)18(12)21-17(23)10-15-11-22-7-2-1-6-16(22)20-15;;/h1-2,6-7,11-14,18H,3-5,8-10,19H2,(H,21,23);2*1H. The van der Waals surface area contributed by atoms with Crippen molar-refractivity contribution in [3.8, 4) is 0 Å². The molecule has 2 aliphatic carbocycles. The van der Waals surface area contributed by atoms with E-state index in [-0.39, 0.29) is 30.7 Å². The van der Waals surface area contributed by atoms with Crippen LogP contribution in [0.4, 0.5) is 0 Å². The monoisotopic (exact) mass is 384 g/mol. The minimum Gasteiger partial charge on any atom is -0.352 e. The summed E-state index contributed by atoms with van der Waals surface area (Å²) < 4.78 is 1.96. The number of amides is 1. The van der Waals surface area contributed by atoms with Gasteiger partial charge in [0.05, 0.1) is 12.1 Å². The molecule has 0 radical (unpaired) electrons. The number of nitrogens with one attached hydrogen (secondary N) is 1. The highest BCUT2D eigenvalue weighted by atomic mass is 35.5. The quantitative estimate of drug-likeness (QED) is 0.854. The first-order valence-electron chi connectivity index (χ1n) is 8.66. The smallest absolute Gasteiger partial charge is 0.226 e. The molecule has 2 fully saturated rings. The molecule has 7 heteroatoms. The lowest BCUT2D eigenvalue weighted by Crippen LogP contribution is -2.54. The lowest BCUT2D eigenvalue weighted by molar-refractivity contribution is -0.122. The third kappa shape index (κ3) is 4.27. The maximum absolute atomic E-state index is 12.5. The summed E-state index contributed by atoms with van der Waals surface area (Å²) in [5, 5.41) is 3.29. The van der Waals surface area contributed by atoms with Crippen LogP contribution in [0, 0.1) is 11.8 Å². The van der Waals surface area contributed by atoms with Crippen LogP contribution in [-0.4, -0.2) is 27.4 Å². The van der Waals surface area contributed by atoms with Crippen LogP contribution in [0.1, 0.15) is 37.8 Å². The van der Waals surface area contributed by atoms with Crippen LogP contribution in [0.2, 0.25) is 0 Å². The van der Waals surface area contributed by atoms with Gasteiger partial charge in [-0.3, -0.25) is 4.79 Å². The van der Waals surface area contributed by atoms with Crippen molar-refractivity contribution in [2.75, 3.05) is 0 Å². The second-order valence-corrected chi connectivity index (χ2v) is 7.15. The molecule has 25 heavy (non-hydrogen) atoms. The van der Waals surface area contributed by atoms with Crippen LogP contribution in [0.15, 0.2) is 30.6 Å². The molecule has 2 aliphatic rings. The summed E-state index contributed by atoms with van der Waals surface area (Å²) in [4.78, 5) is 17.0. The van der Waals surface area contributed by atoms with Crippen molar-refractivity contribution >= 4 is 36.4 Å². The number of halogens is 2. The van der Waals surface area contributed by atoms with Crippen molar-refractivity contribution in [2.45, 2.75) is 50.6 Å². The fourth-order valence-corrected chi connectivity index (χ4v) is 4.50. The number of carbonyl (C=O) groups is 1. The number of carbonyl (C=O) groups excluding carboxylic acids is 1. The number of rotatable bonds is 3. The summed E-state index contributed by atoms with van der Waals surface area (Å²) >= 11 is 0. The molecule has 4 rings (SSSR count). The van der Waals surface area contributed by atoms with E-state index in [0.717, 1.165) is 24.2 Å². The van der Waals surface area contributed by atoms with Gasteiger partial charge in [-0.05, 0) is 49.7 Å². The molecule has 1 amide bonds. The van der Waals surface area contributed by atoms with Gasteiger partial charge in [0.15, 0.2) is 0 Å². The van der Waals surface area contributed by atoms with Crippen molar-refractivity contribution in [1.29, 1.82) is 0 Å². The van der Waals surface area contributed by atoms with Crippen LogP contribution in [-0.2, 0) is 11.2 Å². The molecule has 2 aromatic heterocycles. The molecule has 0 spiro atoms. The SMILES string of the molecule is Cl.Cl.NC1CC2CCCC(C1)C2NC(=O)Cc1cn2ccccc2n1. The lowest BCUT2D eigenvalue weighted by atomic mass is 9.67. The minimum absolute atomic E-state index is 0. The first-order valence-corrected chi connectivity index (χ1v) is 8.66. The van der Waals surface area contributed by atoms with E-state index in [4.69, 9.17) is 5.73 Å². The number of hydrogen-bond donors (Lipinski definition) is 2. The van der Waals surface area contributed by atoms with Crippen molar-refractivity contribution in [2.24, 2.45) is 17.6 Å². The maximum atomic E-state index is 12.5. The Morgan fingerprint density at radius 2 is 1.96 bits per heavy atom. The van der Waals surface area contributed by atoms with E-state index in [1.807, 2.05) is 35.0 Å². The van der Waals surface area contributed by atoms with Gasteiger partial charge in [0.2, 0.25) is 5.91 Å². The largest absolute Gasteiger partial charge is 0.352 e. The van der Waals surface area contributed by atoms with Gasteiger partial charge in [-0.2, -0.15) is 0 Å². The van der Waals surface area contributed by atoms with Crippen LogP contribution >= 0.6 is 24.8 Å². The maximum Gasteiger partial charge on any atom is 0.226 e. The average molecular weight is 385 g/mol. The number of aromatic nitrogens is 2. The molecule has 2 bridgehead atoms. The Morgan fingerprint density at radius 1 is 1.24 bits per heavy atom. The highest BCUT2D eigenvalue weighted by molar-refractivity contribution is 5.85. The van der Waals surface area contributed by atoms with Crippen LogP contribution in [0.25, 0.3) is 5.65 Å². The van der Waals surface area contributed by atoms with Crippen molar-refractivity contribution in [1.82, 2.24) is 14.7 Å². The topological polar surface area (TPSA) is 72.4 Å². The van der Waals surface area contributed by atoms with E-state index in [2.05, 4.69) is 10.3 Å². The first-order chi connectivity index (χ1) is 11.2. The molecule has 2 aromatic rings. The fraction of sp³-hybridized carbons (Fsp3) is 0.556. The number of hydrogen-bond acceptors (Lipinski definition) is 3. The summed E-state index contributed by atoms with van der Waals surface area (Å²) in [5.74, 6) is 1.20. The van der Waals surface area contributed by atoms with Crippen LogP contribution < -0.4 is 11.1 Å². The van der Waals surface area contributed by atoms with E-state index in [9.17, 15) is 4.79 Å². The minimum atomic E-state index is 0. The number of fused-ring (bicyclic) bond motifs is 3. The molecule has 2 unspecified atom stereocenters. The zero-order valence-electron chi connectivity index (χ0n) is 14.1. The molecule has 5 nitrogen and oxygen atoms in total. The third-order valence-corrected chi connectivity index (χ3v) is 5.46. The van der Waals surface area contributed by atoms with Gasteiger partial charge in [0.25, 0.3) is 0 Å². The first kappa shape index (κ1) is 20.0. The summed E-state index contributed by atoms with van der Waals surface area (Å²) in [5.41, 5.74) is 7.87. The van der Waals surface area contributed by atoms with Crippen molar-refractivity contribution in [3.05, 3.63) is 36.3 Å². The molecule has 0 aliphatic heterocycles. The number of pyridine rings is 1. The summed E-state index contributed by atoms with van der Waals surface area (Å²) in [6, 6.07) is 6.50. The predicted octanol–water partition coefficient (Wildman–Crippen LogP) is 2.74. The van der Waals surface area contributed by atoms with E-state index in [1.54, 1.807) is 0 Å². The highest BCUT2D eigenvalue weighted by Gasteiger charge is 2.39. The van der Waals surface area contributed by atoms with Gasteiger partial charge in [-0.15, -0.1) is 24.8 Å². The van der Waals surface area contributed by atoms with Crippen molar-refractivity contribution < 1.29 is 4.79 Å². The van der Waals surface area contributed by atoms with Gasteiger partial charge in [-0.1, -0.05) is 12.5 Å². The summed E-state index contributed by atoms with van der Waals surface area (Å²) in [6.07, 6.45) is 10.0. The Balaban J connectivity index is 0.00000113. The molecular formula is C18H26Cl2N4O.